The third-order valence-electron chi connectivity index (χ3n) is 2.79. The highest BCUT2D eigenvalue weighted by Gasteiger charge is 2.30. The lowest BCUT2D eigenvalue weighted by Crippen LogP contribution is -2.41. The average Bonchev–Trinajstić information content (AvgIpc) is 2.29. The van der Waals surface area contributed by atoms with Crippen LogP contribution in [0.4, 0.5) is 0 Å². The molecular formula is C14H23O3P. The monoisotopic (exact) mass is 270 g/mol. The van der Waals surface area contributed by atoms with Gasteiger partial charge < -0.3 is 14.9 Å². The molecule has 3 nitrogen and oxygen atoms in total. The first kappa shape index (κ1) is 15.6. The van der Waals surface area contributed by atoms with Crippen molar-refractivity contribution in [2.24, 2.45) is 0 Å². The second-order valence-electron chi connectivity index (χ2n) is 4.85. The van der Waals surface area contributed by atoms with Gasteiger partial charge in [0, 0.05) is 6.42 Å². The van der Waals surface area contributed by atoms with Crippen molar-refractivity contribution in [3.05, 3.63) is 30.3 Å². The Hall–Kier alpha value is -0.470. The third kappa shape index (κ3) is 5.92. The molecule has 18 heavy (non-hydrogen) atoms. The fourth-order valence-electron chi connectivity index (χ4n) is 1.59. The van der Waals surface area contributed by atoms with E-state index in [1.807, 2.05) is 25.1 Å². The summed E-state index contributed by atoms with van der Waals surface area (Å²) in [6, 6.07) is 10.2. The van der Waals surface area contributed by atoms with E-state index in [1.165, 1.54) is 5.30 Å². The Kier molecular flexibility index (Phi) is 5.74. The van der Waals surface area contributed by atoms with Crippen LogP contribution in [0, 0.1) is 0 Å². The lowest BCUT2D eigenvalue weighted by atomic mass is 10.2. The lowest BCUT2D eigenvalue weighted by Gasteiger charge is -2.32. The van der Waals surface area contributed by atoms with E-state index in [0.717, 1.165) is 6.16 Å². The average molecular weight is 270 g/mol. The van der Waals surface area contributed by atoms with Gasteiger partial charge in [-0.2, -0.15) is 0 Å². The van der Waals surface area contributed by atoms with Gasteiger partial charge in [0.05, 0.1) is 0 Å². The molecule has 3 atom stereocenters. The van der Waals surface area contributed by atoms with Crippen molar-refractivity contribution in [3.8, 4) is 0 Å². The molecule has 0 saturated carbocycles. The standard InChI is InChI=1S/C14H23O3P/c1-4-13(2,15)17-14(3,16)10-11-18-12-8-6-5-7-9-12/h5-9,15-16,18H,4,10-11H2,1-3H3. The molecule has 0 aromatic heterocycles. The number of hydrogen-bond donors (Lipinski definition) is 2. The van der Waals surface area contributed by atoms with Gasteiger partial charge in [-0.3, -0.25) is 0 Å². The van der Waals surface area contributed by atoms with Gasteiger partial charge in [-0.15, -0.1) is 0 Å². The van der Waals surface area contributed by atoms with Crippen molar-refractivity contribution in [2.75, 3.05) is 6.16 Å². The van der Waals surface area contributed by atoms with Crippen LogP contribution in [0.15, 0.2) is 30.3 Å². The number of aliphatic hydroxyl groups is 2. The van der Waals surface area contributed by atoms with Crippen LogP contribution >= 0.6 is 8.58 Å². The van der Waals surface area contributed by atoms with Crippen molar-refractivity contribution < 1.29 is 14.9 Å². The van der Waals surface area contributed by atoms with Crippen LogP contribution < -0.4 is 5.30 Å². The molecule has 0 heterocycles. The van der Waals surface area contributed by atoms with Gasteiger partial charge in [0.2, 0.25) is 0 Å². The Labute approximate surface area is 111 Å². The zero-order chi connectivity index (χ0) is 13.6. The van der Waals surface area contributed by atoms with Crippen LogP contribution in [0.3, 0.4) is 0 Å². The molecule has 4 heteroatoms. The van der Waals surface area contributed by atoms with Gasteiger partial charge in [0.15, 0.2) is 11.6 Å². The molecule has 0 radical (unpaired) electrons. The highest BCUT2D eigenvalue weighted by Crippen LogP contribution is 2.25. The highest BCUT2D eigenvalue weighted by atomic mass is 31.1. The quantitative estimate of drug-likeness (QED) is 0.590. The van der Waals surface area contributed by atoms with Crippen LogP contribution in [0.5, 0.6) is 0 Å². The molecule has 0 aliphatic rings. The summed E-state index contributed by atoms with van der Waals surface area (Å²) in [5, 5.41) is 21.2. The smallest absolute Gasteiger partial charge is 0.166 e. The molecule has 0 spiro atoms. The summed E-state index contributed by atoms with van der Waals surface area (Å²) in [5.74, 6) is -2.54. The summed E-state index contributed by atoms with van der Waals surface area (Å²) < 4.78 is 5.33. The lowest BCUT2D eigenvalue weighted by molar-refractivity contribution is -0.320. The van der Waals surface area contributed by atoms with Crippen molar-refractivity contribution in [3.63, 3.8) is 0 Å². The SMILES string of the molecule is CCC(C)(O)OC(C)(O)CCPc1ccccc1. The Morgan fingerprint density at radius 2 is 1.72 bits per heavy atom. The fourth-order valence-corrected chi connectivity index (χ4v) is 2.90. The molecule has 0 bridgehead atoms. The second-order valence-corrected chi connectivity index (χ2v) is 6.28. The predicted molar refractivity (Wildman–Crippen MR) is 76.5 cm³/mol. The van der Waals surface area contributed by atoms with Crippen LogP contribution in [-0.2, 0) is 4.74 Å². The number of rotatable bonds is 7. The molecule has 2 N–H and O–H groups in total. The Morgan fingerprint density at radius 3 is 2.28 bits per heavy atom. The van der Waals surface area contributed by atoms with Crippen LogP contribution in [-0.4, -0.2) is 27.9 Å². The number of benzene rings is 1. The molecular weight excluding hydrogens is 247 g/mol. The molecule has 1 aromatic rings. The van der Waals surface area contributed by atoms with Crippen molar-refractivity contribution in [2.45, 2.75) is 45.2 Å². The highest BCUT2D eigenvalue weighted by molar-refractivity contribution is 7.47. The third-order valence-corrected chi connectivity index (χ3v) is 4.03. The second kappa shape index (κ2) is 6.63. The molecule has 1 aromatic carbocycles. The minimum atomic E-state index is -1.28. The maximum Gasteiger partial charge on any atom is 0.166 e. The first-order chi connectivity index (χ1) is 8.35. The summed E-state index contributed by atoms with van der Waals surface area (Å²) in [5.41, 5.74) is 0. The van der Waals surface area contributed by atoms with Gasteiger partial charge >= 0.3 is 0 Å². The van der Waals surface area contributed by atoms with Gasteiger partial charge in [-0.25, -0.2) is 0 Å². The van der Waals surface area contributed by atoms with E-state index in [0.29, 0.717) is 21.4 Å². The van der Waals surface area contributed by atoms with Crippen LogP contribution in [0.1, 0.15) is 33.6 Å². The summed E-state index contributed by atoms with van der Waals surface area (Å²) in [7, 11) is 0.643. The molecule has 0 fully saturated rings. The van der Waals surface area contributed by atoms with E-state index in [9.17, 15) is 10.2 Å². The van der Waals surface area contributed by atoms with Crippen LogP contribution in [0.25, 0.3) is 0 Å². The molecule has 3 unspecified atom stereocenters. The first-order valence-corrected chi connectivity index (χ1v) is 7.49. The normalized spacial score (nSPS) is 18.7. The molecule has 0 aliphatic carbocycles. The minimum absolute atomic E-state index is 0.449. The molecule has 102 valence electrons. The summed E-state index contributed by atoms with van der Waals surface area (Å²) in [6.45, 7) is 5.00. The molecule has 1 rings (SSSR count). The van der Waals surface area contributed by atoms with Gasteiger partial charge in [0.1, 0.15) is 0 Å². The maximum atomic E-state index is 10.1. The van der Waals surface area contributed by atoms with Gasteiger partial charge in [-0.1, -0.05) is 45.8 Å². The maximum absolute atomic E-state index is 10.1. The van der Waals surface area contributed by atoms with E-state index in [2.05, 4.69) is 12.1 Å². The topological polar surface area (TPSA) is 49.7 Å². The summed E-state index contributed by atoms with van der Waals surface area (Å²) >= 11 is 0. The summed E-state index contributed by atoms with van der Waals surface area (Å²) in [4.78, 5) is 0. The molecule has 0 aliphatic heterocycles. The van der Waals surface area contributed by atoms with Gasteiger partial charge in [-0.05, 0) is 31.7 Å². The predicted octanol–water partition coefficient (Wildman–Crippen LogP) is 2.22. The zero-order valence-electron chi connectivity index (χ0n) is 11.3. The van der Waals surface area contributed by atoms with E-state index in [4.69, 9.17) is 4.74 Å². The Morgan fingerprint density at radius 1 is 1.11 bits per heavy atom. The van der Waals surface area contributed by atoms with E-state index in [-0.39, 0.29) is 0 Å². The minimum Gasteiger partial charge on any atom is -0.366 e. The van der Waals surface area contributed by atoms with E-state index >= 15 is 0 Å². The fraction of sp³-hybridized carbons (Fsp3) is 0.571. The van der Waals surface area contributed by atoms with E-state index in [1.54, 1.807) is 13.8 Å². The van der Waals surface area contributed by atoms with E-state index < -0.39 is 11.6 Å². The summed E-state index contributed by atoms with van der Waals surface area (Å²) in [6.07, 6.45) is 1.80. The van der Waals surface area contributed by atoms with Crippen molar-refractivity contribution in [1.29, 1.82) is 0 Å². The van der Waals surface area contributed by atoms with Crippen LogP contribution in [0.2, 0.25) is 0 Å². The Bertz CT molecular complexity index is 349. The largest absolute Gasteiger partial charge is 0.366 e. The Balaban J connectivity index is 2.38. The molecule has 0 amide bonds. The first-order valence-electron chi connectivity index (χ1n) is 6.28. The number of ether oxygens (including phenoxy) is 1. The zero-order valence-corrected chi connectivity index (χ0v) is 12.3. The van der Waals surface area contributed by atoms with Gasteiger partial charge in [0.25, 0.3) is 0 Å². The van der Waals surface area contributed by atoms with Crippen molar-refractivity contribution in [1.82, 2.24) is 0 Å². The molecule has 0 saturated heterocycles. The number of hydrogen-bond acceptors (Lipinski definition) is 3. The van der Waals surface area contributed by atoms with Crippen molar-refractivity contribution >= 4 is 13.9 Å².